The molecule has 220 valence electrons. The lowest BCUT2D eigenvalue weighted by Gasteiger charge is -2.40. The van der Waals surface area contributed by atoms with Gasteiger partial charge in [0.15, 0.2) is 0 Å². The van der Waals surface area contributed by atoms with Crippen LogP contribution >= 0.6 is 11.8 Å². The molecule has 2 fully saturated rings. The van der Waals surface area contributed by atoms with Crippen LogP contribution in [0.1, 0.15) is 46.8 Å². The van der Waals surface area contributed by atoms with Gasteiger partial charge in [-0.15, -0.1) is 11.8 Å². The van der Waals surface area contributed by atoms with Gasteiger partial charge in [-0.2, -0.15) is 0 Å². The van der Waals surface area contributed by atoms with E-state index in [9.17, 15) is 20.1 Å². The van der Waals surface area contributed by atoms with Crippen LogP contribution in [0.15, 0.2) is 42.5 Å². The largest absolute Gasteiger partial charge is 0.387 e. The number of thioether (sulfide) groups is 1. The molecule has 0 aliphatic carbocycles. The van der Waals surface area contributed by atoms with Crippen molar-refractivity contribution in [2.45, 2.75) is 62.5 Å². The van der Waals surface area contributed by atoms with Crippen LogP contribution in [0.25, 0.3) is 0 Å². The molecule has 4 rings (SSSR count). The van der Waals surface area contributed by atoms with Crippen molar-refractivity contribution in [3.05, 3.63) is 70.3 Å². The molecule has 2 aliphatic heterocycles. The zero-order chi connectivity index (χ0) is 28.6. The summed E-state index contributed by atoms with van der Waals surface area (Å²) in [6.07, 6.45) is 0.460. The summed E-state index contributed by atoms with van der Waals surface area (Å²) in [7, 11) is 2.15. The Morgan fingerprint density at radius 3 is 2.40 bits per heavy atom. The maximum atomic E-state index is 12.3. The lowest BCUT2D eigenvalue weighted by molar-refractivity contribution is -0.200. The summed E-state index contributed by atoms with van der Waals surface area (Å²) in [5, 5.41) is 34.2. The fourth-order valence-corrected chi connectivity index (χ4v) is 6.06. The quantitative estimate of drug-likeness (QED) is 0.325. The third kappa shape index (κ3) is 8.28. The van der Waals surface area contributed by atoms with Gasteiger partial charge in [0.2, 0.25) is 5.91 Å². The van der Waals surface area contributed by atoms with Crippen molar-refractivity contribution in [2.75, 3.05) is 52.6 Å². The van der Waals surface area contributed by atoms with Crippen LogP contribution in [0.2, 0.25) is 0 Å². The Bertz CT molecular complexity index is 1090. The average Bonchev–Trinajstić information content (AvgIpc) is 2.95. The van der Waals surface area contributed by atoms with Crippen LogP contribution in [0, 0.1) is 6.92 Å². The Morgan fingerprint density at radius 1 is 1.00 bits per heavy atom. The van der Waals surface area contributed by atoms with Gasteiger partial charge in [-0.3, -0.25) is 9.69 Å². The number of aliphatic hydroxyl groups excluding tert-OH is 3. The predicted molar refractivity (Wildman–Crippen MR) is 159 cm³/mol. The molecule has 40 heavy (non-hydrogen) atoms. The highest BCUT2D eigenvalue weighted by molar-refractivity contribution is 7.99. The standard InChI is InChI=1S/C31H45N3O5S/c1-21-7-12-24(30-28(37)27(36)29(38)31(39-30)40-3)20-25(21)19-23-10-8-22(9-11-23)5-4-6-26(35)32-13-14-34-17-15-33(2)16-18-34/h7-12,20,27-31,36-38H,4-6,13-19H2,1-3H3,(H,32,35)/t27-,28-,29+,30+,31-/m1/s1. The molecule has 5 atom stereocenters. The Labute approximate surface area is 242 Å². The van der Waals surface area contributed by atoms with Crippen LogP contribution in [0.3, 0.4) is 0 Å². The van der Waals surface area contributed by atoms with Crippen molar-refractivity contribution in [3.63, 3.8) is 0 Å². The molecule has 2 aromatic rings. The van der Waals surface area contributed by atoms with Gasteiger partial charge in [-0.05, 0) is 67.3 Å². The summed E-state index contributed by atoms with van der Waals surface area (Å²) in [5.74, 6) is 0.124. The second-order valence-corrected chi connectivity index (χ2v) is 12.1. The molecule has 2 aromatic carbocycles. The number of ether oxygens (including phenoxy) is 1. The first-order valence-electron chi connectivity index (χ1n) is 14.3. The van der Waals surface area contributed by atoms with Crippen molar-refractivity contribution in [2.24, 2.45) is 0 Å². The zero-order valence-corrected chi connectivity index (χ0v) is 24.8. The number of carbonyl (C=O) groups is 1. The van der Waals surface area contributed by atoms with Gasteiger partial charge >= 0.3 is 0 Å². The zero-order valence-electron chi connectivity index (χ0n) is 24.0. The number of piperazine rings is 1. The first kappa shape index (κ1) is 31.0. The molecule has 4 N–H and O–H groups in total. The second kappa shape index (κ2) is 14.8. The van der Waals surface area contributed by atoms with Gasteiger partial charge < -0.3 is 30.3 Å². The molecule has 2 saturated heterocycles. The molecule has 0 bridgehead atoms. The highest BCUT2D eigenvalue weighted by Gasteiger charge is 2.44. The SMILES string of the molecule is CS[C@H]1O[C@@H](c2ccc(C)c(Cc3ccc(CCCC(=O)NCCN4CCN(C)CC4)cc3)c2)[C@H](O)[C@@H](O)[C@@H]1O. The van der Waals surface area contributed by atoms with Crippen LogP contribution in [0.4, 0.5) is 0 Å². The average molecular weight is 572 g/mol. The van der Waals surface area contributed by atoms with E-state index in [1.807, 2.05) is 24.5 Å². The predicted octanol–water partition coefficient (Wildman–Crippen LogP) is 2.12. The third-order valence-electron chi connectivity index (χ3n) is 8.14. The molecule has 0 saturated carbocycles. The van der Waals surface area contributed by atoms with E-state index >= 15 is 0 Å². The van der Waals surface area contributed by atoms with Crippen molar-refractivity contribution in [1.82, 2.24) is 15.1 Å². The van der Waals surface area contributed by atoms with E-state index in [-0.39, 0.29) is 5.91 Å². The summed E-state index contributed by atoms with van der Waals surface area (Å²) < 4.78 is 5.96. The van der Waals surface area contributed by atoms with Gasteiger partial charge in [-0.25, -0.2) is 0 Å². The minimum Gasteiger partial charge on any atom is -0.387 e. The van der Waals surface area contributed by atoms with E-state index in [2.05, 4.69) is 53.4 Å². The number of aryl methyl sites for hydroxylation is 2. The number of benzene rings is 2. The summed E-state index contributed by atoms with van der Waals surface area (Å²) >= 11 is 1.32. The Hall–Kier alpha value is -1.98. The first-order chi connectivity index (χ1) is 19.2. The Morgan fingerprint density at radius 2 is 1.70 bits per heavy atom. The highest BCUT2D eigenvalue weighted by atomic mass is 32.2. The maximum Gasteiger partial charge on any atom is 0.220 e. The normalized spacial score (nSPS) is 26.1. The van der Waals surface area contributed by atoms with Crippen LogP contribution in [0.5, 0.6) is 0 Å². The molecule has 9 heteroatoms. The van der Waals surface area contributed by atoms with Gasteiger partial charge in [-0.1, -0.05) is 42.5 Å². The van der Waals surface area contributed by atoms with Crippen molar-refractivity contribution < 1.29 is 24.9 Å². The van der Waals surface area contributed by atoms with E-state index in [1.54, 1.807) is 0 Å². The van der Waals surface area contributed by atoms with Crippen LogP contribution in [-0.2, 0) is 22.4 Å². The van der Waals surface area contributed by atoms with E-state index in [0.717, 1.165) is 68.7 Å². The number of hydrogen-bond donors (Lipinski definition) is 4. The number of rotatable bonds is 11. The Balaban J connectivity index is 1.24. The Kier molecular flexibility index (Phi) is 11.4. The highest BCUT2D eigenvalue weighted by Crippen LogP contribution is 2.36. The van der Waals surface area contributed by atoms with Gasteiger partial charge in [0, 0.05) is 45.7 Å². The number of carbonyl (C=O) groups excluding carboxylic acids is 1. The third-order valence-corrected chi connectivity index (χ3v) is 8.99. The van der Waals surface area contributed by atoms with Gasteiger partial charge in [0.1, 0.15) is 29.9 Å². The smallest absolute Gasteiger partial charge is 0.220 e. The first-order valence-corrected chi connectivity index (χ1v) is 15.6. The number of likely N-dealkylation sites (N-methyl/N-ethyl adjacent to an activating group) is 1. The summed E-state index contributed by atoms with van der Waals surface area (Å²) in [6, 6.07) is 14.5. The van der Waals surface area contributed by atoms with Crippen LogP contribution in [-0.4, -0.2) is 107 Å². The molecule has 0 radical (unpaired) electrons. The van der Waals surface area contributed by atoms with E-state index in [4.69, 9.17) is 4.74 Å². The molecule has 0 spiro atoms. The molecule has 2 aliphatic rings. The lowest BCUT2D eigenvalue weighted by atomic mass is 9.91. The van der Waals surface area contributed by atoms with Crippen molar-refractivity contribution >= 4 is 17.7 Å². The monoisotopic (exact) mass is 571 g/mol. The van der Waals surface area contributed by atoms with E-state index in [0.29, 0.717) is 13.0 Å². The number of amides is 1. The second-order valence-electron chi connectivity index (χ2n) is 11.2. The molecule has 1 amide bonds. The summed E-state index contributed by atoms with van der Waals surface area (Å²) in [6.45, 7) is 8.01. The van der Waals surface area contributed by atoms with Crippen molar-refractivity contribution in [1.29, 1.82) is 0 Å². The van der Waals surface area contributed by atoms with E-state index < -0.39 is 29.9 Å². The fourth-order valence-electron chi connectivity index (χ4n) is 5.39. The summed E-state index contributed by atoms with van der Waals surface area (Å²) in [5.41, 5.74) is 4.83. The number of nitrogens with one attached hydrogen (secondary N) is 1. The fraction of sp³-hybridized carbons (Fsp3) is 0.581. The minimum absolute atomic E-state index is 0.124. The topological polar surface area (TPSA) is 106 Å². The molecule has 0 aromatic heterocycles. The summed E-state index contributed by atoms with van der Waals surface area (Å²) in [4.78, 5) is 17.0. The van der Waals surface area contributed by atoms with Gasteiger partial charge in [0.05, 0.1) is 0 Å². The number of nitrogens with zero attached hydrogens (tertiary/aromatic N) is 2. The molecular formula is C31H45N3O5S. The lowest BCUT2D eigenvalue weighted by Crippen LogP contribution is -2.52. The molecular weight excluding hydrogens is 526 g/mol. The van der Waals surface area contributed by atoms with Crippen LogP contribution < -0.4 is 5.32 Å². The van der Waals surface area contributed by atoms with Crippen molar-refractivity contribution in [3.8, 4) is 0 Å². The maximum absolute atomic E-state index is 12.3. The molecule has 0 unspecified atom stereocenters. The number of hydrogen-bond acceptors (Lipinski definition) is 8. The number of aliphatic hydroxyl groups is 3. The molecule has 8 nitrogen and oxygen atoms in total. The van der Waals surface area contributed by atoms with E-state index in [1.165, 1.54) is 22.9 Å². The van der Waals surface area contributed by atoms with Gasteiger partial charge in [0.25, 0.3) is 0 Å². The minimum atomic E-state index is -1.26. The molecule has 2 heterocycles.